The average Bonchev–Trinajstić information content (AvgIpc) is 2.70. The van der Waals surface area contributed by atoms with Crippen molar-refractivity contribution in [2.24, 2.45) is 0 Å². The average molecular weight is 385 g/mol. The van der Waals surface area contributed by atoms with E-state index in [1.165, 1.54) is 25.3 Å². The van der Waals surface area contributed by atoms with Crippen LogP contribution in [0.2, 0.25) is 0 Å². The zero-order chi connectivity index (χ0) is 20.3. The zero-order valence-corrected chi connectivity index (χ0v) is 14.9. The minimum Gasteiger partial charge on any atom is -0.490 e. The molecule has 1 aromatic heterocycles. The number of hydrogen-bond donors (Lipinski definition) is 0. The molecule has 0 saturated carbocycles. The lowest BCUT2D eigenvalue weighted by molar-refractivity contribution is -0.385. The van der Waals surface area contributed by atoms with Gasteiger partial charge in [-0.25, -0.2) is 4.79 Å². The van der Waals surface area contributed by atoms with Gasteiger partial charge in [-0.05, 0) is 17.2 Å². The number of nitrogens with zero attached hydrogens (tertiary/aromatic N) is 3. The van der Waals surface area contributed by atoms with Crippen molar-refractivity contribution in [1.29, 1.82) is 0 Å². The molecule has 0 unspecified atom stereocenters. The largest absolute Gasteiger partial charge is 0.490 e. The second-order valence-electron chi connectivity index (χ2n) is 6.03. The molecule has 0 fully saturated rings. The van der Waals surface area contributed by atoms with Crippen molar-refractivity contribution in [3.05, 3.63) is 103 Å². The quantitative estimate of drug-likeness (QED) is 0.479. The number of nitro benzene ring substituents is 1. The van der Waals surface area contributed by atoms with Gasteiger partial charge in [0.2, 0.25) is 5.82 Å². The lowest BCUT2D eigenvalue weighted by atomic mass is 10.2. The summed E-state index contributed by atoms with van der Waals surface area (Å²) in [6.45, 7) is -0.227. The summed E-state index contributed by atoms with van der Waals surface area (Å²) >= 11 is 0. The minimum atomic E-state index is -1.08. The molecule has 0 aliphatic carbocycles. The molecule has 0 N–H and O–H groups in total. The van der Waals surface area contributed by atoms with E-state index in [4.69, 9.17) is 4.74 Å². The van der Waals surface area contributed by atoms with Crippen LogP contribution in [0.3, 0.4) is 0 Å². The molecular formula is C19H16FN3O5. The number of hydrogen-bond acceptors (Lipinski definition) is 5. The van der Waals surface area contributed by atoms with Crippen LogP contribution in [-0.2, 0) is 13.1 Å². The molecule has 3 aromatic rings. The minimum absolute atomic E-state index is 0.0707. The maximum Gasteiger partial charge on any atom is 0.331 e. The molecule has 2 aromatic carbocycles. The third-order valence-electron chi connectivity index (χ3n) is 4.17. The van der Waals surface area contributed by atoms with Gasteiger partial charge in [0.25, 0.3) is 5.56 Å². The highest BCUT2D eigenvalue weighted by molar-refractivity contribution is 5.48. The highest BCUT2D eigenvalue weighted by atomic mass is 19.1. The van der Waals surface area contributed by atoms with Crippen molar-refractivity contribution < 1.29 is 14.1 Å². The van der Waals surface area contributed by atoms with Crippen molar-refractivity contribution in [2.75, 3.05) is 7.11 Å². The predicted molar refractivity (Wildman–Crippen MR) is 99.2 cm³/mol. The van der Waals surface area contributed by atoms with Crippen LogP contribution >= 0.6 is 0 Å². The van der Waals surface area contributed by atoms with E-state index in [0.717, 1.165) is 15.3 Å². The molecule has 0 bridgehead atoms. The molecule has 0 aliphatic rings. The Kier molecular flexibility index (Phi) is 5.35. The maximum absolute atomic E-state index is 14.1. The monoisotopic (exact) mass is 385 g/mol. The van der Waals surface area contributed by atoms with E-state index in [9.17, 15) is 24.1 Å². The molecule has 28 heavy (non-hydrogen) atoms. The van der Waals surface area contributed by atoms with Crippen LogP contribution in [-0.4, -0.2) is 21.2 Å². The highest BCUT2D eigenvalue weighted by Gasteiger charge is 2.17. The molecule has 1 heterocycles. The van der Waals surface area contributed by atoms with Gasteiger partial charge in [-0.15, -0.1) is 0 Å². The zero-order valence-electron chi connectivity index (χ0n) is 14.9. The van der Waals surface area contributed by atoms with E-state index >= 15 is 0 Å². The van der Waals surface area contributed by atoms with Gasteiger partial charge >= 0.3 is 11.4 Å². The number of methoxy groups -OCH3 is 1. The van der Waals surface area contributed by atoms with Crippen LogP contribution in [0.1, 0.15) is 11.1 Å². The van der Waals surface area contributed by atoms with E-state index < -0.39 is 22.0 Å². The lowest BCUT2D eigenvalue weighted by Crippen LogP contribution is -2.41. The molecule has 0 radical (unpaired) electrons. The van der Waals surface area contributed by atoms with Gasteiger partial charge in [0.15, 0.2) is 5.75 Å². The summed E-state index contributed by atoms with van der Waals surface area (Å²) in [5, 5.41) is 11.2. The first kappa shape index (κ1) is 19.0. The Morgan fingerprint density at radius 1 is 1.07 bits per heavy atom. The van der Waals surface area contributed by atoms with Crippen LogP contribution in [0.15, 0.2) is 64.3 Å². The smallest absolute Gasteiger partial charge is 0.331 e. The van der Waals surface area contributed by atoms with E-state index in [0.29, 0.717) is 11.1 Å². The number of ether oxygens (including phenoxy) is 1. The lowest BCUT2D eigenvalue weighted by Gasteiger charge is -2.11. The summed E-state index contributed by atoms with van der Waals surface area (Å²) in [6.07, 6.45) is 0.808. The molecular weight excluding hydrogens is 369 g/mol. The Morgan fingerprint density at radius 2 is 1.79 bits per heavy atom. The van der Waals surface area contributed by atoms with Gasteiger partial charge < -0.3 is 4.74 Å². The summed E-state index contributed by atoms with van der Waals surface area (Å²) in [6, 6.07) is 12.9. The molecule has 0 spiro atoms. The molecule has 0 aliphatic heterocycles. The van der Waals surface area contributed by atoms with Crippen LogP contribution in [0, 0.1) is 15.9 Å². The molecule has 0 saturated heterocycles. The molecule has 144 valence electrons. The standard InChI is InChI=1S/C19H16FN3O5/c1-28-17-8-7-14(9-16(17)23(26)27)10-21-12-15(20)18(24)22(19(21)25)11-13-5-3-2-4-6-13/h2-9,12H,10-11H2,1H3. The third-order valence-corrected chi connectivity index (χ3v) is 4.17. The van der Waals surface area contributed by atoms with E-state index in [2.05, 4.69) is 0 Å². The first-order chi connectivity index (χ1) is 13.4. The highest BCUT2D eigenvalue weighted by Crippen LogP contribution is 2.27. The Hall–Kier alpha value is -3.75. The van der Waals surface area contributed by atoms with Crippen molar-refractivity contribution in [1.82, 2.24) is 9.13 Å². The number of benzene rings is 2. The van der Waals surface area contributed by atoms with Gasteiger partial charge in [0.05, 0.1) is 31.3 Å². The summed E-state index contributed by atoms with van der Waals surface area (Å²) in [4.78, 5) is 35.3. The van der Waals surface area contributed by atoms with Gasteiger partial charge in [0.1, 0.15) is 0 Å². The molecule has 0 atom stereocenters. The number of halogens is 1. The Bertz CT molecular complexity index is 1140. The first-order valence-electron chi connectivity index (χ1n) is 8.25. The second kappa shape index (κ2) is 7.87. The van der Waals surface area contributed by atoms with E-state index in [-0.39, 0.29) is 24.5 Å². The van der Waals surface area contributed by atoms with Crippen LogP contribution < -0.4 is 16.0 Å². The maximum atomic E-state index is 14.1. The molecule has 0 amide bonds. The topological polar surface area (TPSA) is 96.4 Å². The first-order valence-corrected chi connectivity index (χ1v) is 8.25. The van der Waals surface area contributed by atoms with Crippen molar-refractivity contribution >= 4 is 5.69 Å². The summed E-state index contributed by atoms with van der Waals surface area (Å²) in [5.41, 5.74) is -0.955. The van der Waals surface area contributed by atoms with Gasteiger partial charge in [0, 0.05) is 6.07 Å². The molecule has 8 nitrogen and oxygen atoms in total. The van der Waals surface area contributed by atoms with Gasteiger partial charge in [-0.1, -0.05) is 36.4 Å². The third kappa shape index (κ3) is 3.83. The summed E-state index contributed by atoms with van der Waals surface area (Å²) in [5.74, 6) is -1.01. The fourth-order valence-corrected chi connectivity index (χ4v) is 2.81. The normalized spacial score (nSPS) is 10.6. The van der Waals surface area contributed by atoms with Crippen molar-refractivity contribution in [2.45, 2.75) is 13.1 Å². The number of nitro groups is 1. The van der Waals surface area contributed by atoms with Crippen LogP contribution in [0.25, 0.3) is 0 Å². The Balaban J connectivity index is 2.02. The van der Waals surface area contributed by atoms with Crippen LogP contribution in [0.4, 0.5) is 10.1 Å². The molecule has 3 rings (SSSR count). The fourth-order valence-electron chi connectivity index (χ4n) is 2.81. The summed E-state index contributed by atoms with van der Waals surface area (Å²) in [7, 11) is 1.31. The predicted octanol–water partition coefficient (Wildman–Crippen LogP) is 2.16. The fraction of sp³-hybridized carbons (Fsp3) is 0.158. The Labute approximate surface area is 158 Å². The Morgan fingerprint density at radius 3 is 2.43 bits per heavy atom. The second-order valence-corrected chi connectivity index (χ2v) is 6.03. The van der Waals surface area contributed by atoms with Gasteiger partial charge in [-0.2, -0.15) is 4.39 Å². The van der Waals surface area contributed by atoms with E-state index in [1.54, 1.807) is 30.3 Å². The number of rotatable bonds is 6. The van der Waals surface area contributed by atoms with Crippen molar-refractivity contribution in [3.8, 4) is 5.75 Å². The summed E-state index contributed by atoms with van der Waals surface area (Å²) < 4.78 is 20.9. The number of aromatic nitrogens is 2. The van der Waals surface area contributed by atoms with Gasteiger partial charge in [-0.3, -0.25) is 24.0 Å². The van der Waals surface area contributed by atoms with Crippen LogP contribution in [0.5, 0.6) is 5.75 Å². The SMILES string of the molecule is COc1ccc(Cn2cc(F)c(=O)n(Cc3ccccc3)c2=O)cc1[N+](=O)[O-]. The van der Waals surface area contributed by atoms with E-state index in [1.807, 2.05) is 0 Å². The van der Waals surface area contributed by atoms with Crippen molar-refractivity contribution in [3.63, 3.8) is 0 Å². The molecule has 9 heteroatoms.